The Morgan fingerprint density at radius 2 is 2.14 bits per heavy atom. The van der Waals surface area contributed by atoms with Crippen LogP contribution in [0.15, 0.2) is 40.1 Å². The Kier molecular flexibility index (Phi) is 3.62. The summed E-state index contributed by atoms with van der Waals surface area (Å²) in [4.78, 5) is 26.0. The predicted molar refractivity (Wildman–Crippen MR) is 79.4 cm³/mol. The summed E-state index contributed by atoms with van der Waals surface area (Å²) in [6, 6.07) is 5.09. The van der Waals surface area contributed by atoms with Crippen LogP contribution in [0.25, 0.3) is 11.1 Å². The number of hydrogen-bond acceptors (Lipinski definition) is 4. The molecule has 2 aromatic rings. The minimum absolute atomic E-state index is 0.0165. The van der Waals surface area contributed by atoms with Crippen LogP contribution in [0.2, 0.25) is 0 Å². The highest BCUT2D eigenvalue weighted by Crippen LogP contribution is 2.17. The minimum atomic E-state index is -0.434. The predicted octanol–water partition coefficient (Wildman–Crippen LogP) is 0.826. The van der Waals surface area contributed by atoms with Crippen molar-refractivity contribution in [2.24, 2.45) is 0 Å². The SMILES string of the molecule is C=CCn1c(=O)oc2ccc(C(=O)N3CCNCC3)cc21. The van der Waals surface area contributed by atoms with Crippen LogP contribution >= 0.6 is 0 Å². The van der Waals surface area contributed by atoms with Crippen LogP contribution in [0.1, 0.15) is 10.4 Å². The zero-order valence-electron chi connectivity index (χ0n) is 11.7. The fraction of sp³-hybridized carbons (Fsp3) is 0.333. The minimum Gasteiger partial charge on any atom is -0.408 e. The van der Waals surface area contributed by atoms with Gasteiger partial charge in [-0.3, -0.25) is 9.36 Å². The first-order valence-electron chi connectivity index (χ1n) is 6.95. The number of oxazole rings is 1. The van der Waals surface area contributed by atoms with Crippen LogP contribution in [0.4, 0.5) is 0 Å². The number of hydrogen-bond donors (Lipinski definition) is 1. The maximum atomic E-state index is 12.5. The summed E-state index contributed by atoms with van der Waals surface area (Å²) in [5.41, 5.74) is 1.68. The average molecular weight is 287 g/mol. The zero-order chi connectivity index (χ0) is 14.8. The van der Waals surface area contributed by atoms with Crippen LogP contribution in [0.3, 0.4) is 0 Å². The lowest BCUT2D eigenvalue weighted by Crippen LogP contribution is -2.46. The van der Waals surface area contributed by atoms with E-state index in [0.29, 0.717) is 36.3 Å². The van der Waals surface area contributed by atoms with E-state index in [4.69, 9.17) is 4.42 Å². The van der Waals surface area contributed by atoms with Gasteiger partial charge in [0.05, 0.1) is 5.52 Å². The topological polar surface area (TPSA) is 67.5 Å². The molecule has 0 aliphatic carbocycles. The average Bonchev–Trinajstić information content (AvgIpc) is 2.83. The number of amides is 1. The van der Waals surface area contributed by atoms with E-state index in [1.54, 1.807) is 24.3 Å². The summed E-state index contributed by atoms with van der Waals surface area (Å²) in [6.07, 6.45) is 1.63. The second-order valence-electron chi connectivity index (χ2n) is 4.99. The maximum Gasteiger partial charge on any atom is 0.420 e. The van der Waals surface area contributed by atoms with Gasteiger partial charge in [0.1, 0.15) is 0 Å². The van der Waals surface area contributed by atoms with E-state index in [1.807, 2.05) is 4.90 Å². The molecule has 0 saturated carbocycles. The van der Waals surface area contributed by atoms with E-state index in [9.17, 15) is 9.59 Å². The first kappa shape index (κ1) is 13.6. The molecule has 1 fully saturated rings. The second kappa shape index (κ2) is 5.57. The molecular weight excluding hydrogens is 270 g/mol. The van der Waals surface area contributed by atoms with Crippen LogP contribution in [-0.4, -0.2) is 41.6 Å². The molecular formula is C15H17N3O3. The lowest BCUT2D eigenvalue weighted by molar-refractivity contribution is 0.0736. The first-order chi connectivity index (χ1) is 10.2. The molecule has 1 aromatic carbocycles. The third-order valence-corrected chi connectivity index (χ3v) is 3.63. The number of carbonyl (C=O) groups excluding carboxylic acids is 1. The van der Waals surface area contributed by atoms with Gasteiger partial charge in [-0.15, -0.1) is 6.58 Å². The molecule has 1 N–H and O–H groups in total. The summed E-state index contributed by atoms with van der Waals surface area (Å²) in [6.45, 7) is 6.99. The molecule has 1 aromatic heterocycles. The van der Waals surface area contributed by atoms with Gasteiger partial charge in [-0.05, 0) is 18.2 Å². The van der Waals surface area contributed by atoms with Gasteiger partial charge in [0.2, 0.25) is 0 Å². The van der Waals surface area contributed by atoms with Gasteiger partial charge >= 0.3 is 5.76 Å². The lowest BCUT2D eigenvalue weighted by Gasteiger charge is -2.27. The number of carbonyl (C=O) groups is 1. The summed E-state index contributed by atoms with van der Waals surface area (Å²) >= 11 is 0. The standard InChI is InChI=1S/C15H17N3O3/c1-2-7-18-12-10-11(3-4-13(12)21-15(18)20)14(19)17-8-5-16-6-9-17/h2-4,10,16H,1,5-9H2. The van der Waals surface area contributed by atoms with Crippen LogP contribution < -0.4 is 11.1 Å². The molecule has 1 saturated heterocycles. The van der Waals surface area contributed by atoms with Gasteiger partial charge in [-0.2, -0.15) is 0 Å². The van der Waals surface area contributed by atoms with Gasteiger partial charge in [0.15, 0.2) is 5.58 Å². The van der Waals surface area contributed by atoms with Crippen molar-refractivity contribution in [3.8, 4) is 0 Å². The number of nitrogens with zero attached hydrogens (tertiary/aromatic N) is 2. The van der Waals surface area contributed by atoms with E-state index < -0.39 is 5.76 Å². The molecule has 2 heterocycles. The van der Waals surface area contributed by atoms with Crippen LogP contribution in [-0.2, 0) is 6.54 Å². The number of allylic oxidation sites excluding steroid dienone is 1. The molecule has 0 unspecified atom stereocenters. The molecule has 3 rings (SSSR count). The zero-order valence-corrected chi connectivity index (χ0v) is 11.7. The third-order valence-electron chi connectivity index (χ3n) is 3.63. The van der Waals surface area contributed by atoms with Crippen molar-refractivity contribution in [2.75, 3.05) is 26.2 Å². The molecule has 110 valence electrons. The van der Waals surface area contributed by atoms with E-state index in [0.717, 1.165) is 13.1 Å². The Bertz CT molecular complexity index is 738. The van der Waals surface area contributed by atoms with Crippen molar-refractivity contribution in [1.29, 1.82) is 0 Å². The first-order valence-corrected chi connectivity index (χ1v) is 6.95. The fourth-order valence-electron chi connectivity index (χ4n) is 2.55. The summed E-state index contributed by atoms with van der Waals surface area (Å²) < 4.78 is 6.63. The normalized spacial score (nSPS) is 15.3. The van der Waals surface area contributed by atoms with Crippen LogP contribution in [0.5, 0.6) is 0 Å². The van der Waals surface area contributed by atoms with Crippen LogP contribution in [0, 0.1) is 0 Å². The molecule has 0 spiro atoms. The molecule has 21 heavy (non-hydrogen) atoms. The number of benzene rings is 1. The van der Waals surface area contributed by atoms with Crippen molar-refractivity contribution in [2.45, 2.75) is 6.54 Å². The Hall–Kier alpha value is -2.34. The van der Waals surface area contributed by atoms with E-state index in [-0.39, 0.29) is 5.91 Å². The number of rotatable bonds is 3. The van der Waals surface area contributed by atoms with Crippen molar-refractivity contribution in [1.82, 2.24) is 14.8 Å². The molecule has 1 aliphatic heterocycles. The Morgan fingerprint density at radius 1 is 1.38 bits per heavy atom. The summed E-state index contributed by atoms with van der Waals surface area (Å²) in [5.74, 6) is -0.450. The van der Waals surface area contributed by atoms with Gasteiger partial charge in [0.25, 0.3) is 5.91 Å². The quantitative estimate of drug-likeness (QED) is 0.849. The number of aromatic nitrogens is 1. The third kappa shape index (κ3) is 2.50. The van der Waals surface area contributed by atoms with Crippen molar-refractivity contribution in [3.63, 3.8) is 0 Å². The maximum absolute atomic E-state index is 12.5. The van der Waals surface area contributed by atoms with E-state index in [1.165, 1.54) is 4.57 Å². The molecule has 0 atom stereocenters. The molecule has 1 aliphatic rings. The Morgan fingerprint density at radius 3 is 2.86 bits per heavy atom. The van der Waals surface area contributed by atoms with Crippen molar-refractivity contribution in [3.05, 3.63) is 47.0 Å². The van der Waals surface area contributed by atoms with E-state index in [2.05, 4.69) is 11.9 Å². The molecule has 6 nitrogen and oxygen atoms in total. The van der Waals surface area contributed by atoms with Gasteiger partial charge in [-0.1, -0.05) is 6.08 Å². The highest BCUT2D eigenvalue weighted by atomic mass is 16.4. The monoisotopic (exact) mass is 287 g/mol. The molecule has 1 amide bonds. The Labute approximate surface area is 121 Å². The number of piperazine rings is 1. The largest absolute Gasteiger partial charge is 0.420 e. The smallest absolute Gasteiger partial charge is 0.408 e. The highest BCUT2D eigenvalue weighted by Gasteiger charge is 2.19. The highest BCUT2D eigenvalue weighted by molar-refractivity contribution is 5.97. The van der Waals surface area contributed by atoms with Gasteiger partial charge in [-0.25, -0.2) is 4.79 Å². The molecule has 0 radical (unpaired) electrons. The van der Waals surface area contributed by atoms with Crippen molar-refractivity contribution >= 4 is 17.0 Å². The summed E-state index contributed by atoms with van der Waals surface area (Å²) in [5, 5.41) is 3.21. The number of nitrogens with one attached hydrogen (secondary N) is 1. The summed E-state index contributed by atoms with van der Waals surface area (Å²) in [7, 11) is 0. The lowest BCUT2D eigenvalue weighted by atomic mass is 10.1. The molecule has 6 heteroatoms. The fourth-order valence-corrected chi connectivity index (χ4v) is 2.55. The Balaban J connectivity index is 1.99. The molecule has 0 bridgehead atoms. The van der Waals surface area contributed by atoms with E-state index >= 15 is 0 Å². The number of fused-ring (bicyclic) bond motifs is 1. The second-order valence-corrected chi connectivity index (χ2v) is 4.99. The van der Waals surface area contributed by atoms with Gasteiger partial charge in [0, 0.05) is 38.3 Å². The van der Waals surface area contributed by atoms with Gasteiger partial charge < -0.3 is 14.6 Å². The van der Waals surface area contributed by atoms with Crippen molar-refractivity contribution < 1.29 is 9.21 Å².